The van der Waals surface area contributed by atoms with Crippen LogP contribution in [0.4, 0.5) is 0 Å². The molecule has 3 aromatic heterocycles. The van der Waals surface area contributed by atoms with E-state index in [4.69, 9.17) is 4.42 Å². The van der Waals surface area contributed by atoms with Gasteiger partial charge in [0.1, 0.15) is 5.76 Å². The van der Waals surface area contributed by atoms with E-state index in [1.807, 2.05) is 47.1 Å². The first kappa shape index (κ1) is 24.6. The molecule has 0 radical (unpaired) electrons. The molecule has 8 nitrogen and oxygen atoms in total. The predicted molar refractivity (Wildman–Crippen MR) is 143 cm³/mol. The zero-order valence-electron chi connectivity index (χ0n) is 21.7. The van der Waals surface area contributed by atoms with Crippen LogP contribution in [0.3, 0.4) is 0 Å². The number of fused-ring (bicyclic) bond motifs is 1. The van der Waals surface area contributed by atoms with E-state index < -0.39 is 0 Å². The van der Waals surface area contributed by atoms with Crippen molar-refractivity contribution in [3.63, 3.8) is 0 Å². The normalized spacial score (nSPS) is 12.6. The Kier molecular flexibility index (Phi) is 7.01. The van der Waals surface area contributed by atoms with Crippen molar-refractivity contribution in [2.75, 3.05) is 0 Å². The van der Waals surface area contributed by atoms with E-state index >= 15 is 0 Å². The highest BCUT2D eigenvalue weighted by atomic mass is 16.3. The van der Waals surface area contributed by atoms with Gasteiger partial charge in [-0.1, -0.05) is 44.2 Å². The highest BCUT2D eigenvalue weighted by Gasteiger charge is 2.30. The molecule has 0 saturated heterocycles. The Morgan fingerprint density at radius 2 is 1.78 bits per heavy atom. The van der Waals surface area contributed by atoms with Crippen molar-refractivity contribution in [2.45, 2.75) is 53.4 Å². The molecule has 5 aromatic rings. The Bertz CT molecular complexity index is 1540. The third-order valence-corrected chi connectivity index (χ3v) is 6.87. The molecule has 37 heavy (non-hydrogen) atoms. The van der Waals surface area contributed by atoms with Crippen LogP contribution in [-0.2, 0) is 19.6 Å². The van der Waals surface area contributed by atoms with Crippen LogP contribution in [0.2, 0.25) is 0 Å². The third kappa shape index (κ3) is 5.39. The van der Waals surface area contributed by atoms with E-state index in [-0.39, 0.29) is 17.5 Å². The van der Waals surface area contributed by atoms with Crippen molar-refractivity contribution < 1.29 is 4.42 Å². The number of nitrogens with zero attached hydrogens (tertiary/aromatic N) is 5. The number of aromatic nitrogens is 5. The summed E-state index contributed by atoms with van der Waals surface area (Å²) in [5, 5.41) is 13.8. The van der Waals surface area contributed by atoms with Crippen molar-refractivity contribution >= 4 is 10.9 Å². The second-order valence-electron chi connectivity index (χ2n) is 10.0. The Morgan fingerprint density at radius 3 is 2.51 bits per heavy atom. The summed E-state index contributed by atoms with van der Waals surface area (Å²) in [7, 11) is 0. The molecular formula is C29H32N6O2. The third-order valence-electron chi connectivity index (χ3n) is 6.87. The van der Waals surface area contributed by atoms with Crippen LogP contribution >= 0.6 is 0 Å². The van der Waals surface area contributed by atoms with Crippen molar-refractivity contribution in [1.29, 1.82) is 0 Å². The quantitative estimate of drug-likeness (QED) is 0.303. The highest BCUT2D eigenvalue weighted by molar-refractivity contribution is 5.80. The standard InChI is InChI=1S/C29H32N6O2/c1-19(2)27(28-31-32-33-35(28)16-22-9-6-5-7-10-22)34(18-25-11-8-12-37-25)17-24-15-23-13-20(3)21(4)14-26(23)30-29(24)36/h5-15,19,27H,16-18H2,1-4H3,(H,30,36). The average molecular weight is 497 g/mol. The van der Waals surface area contributed by atoms with Crippen molar-refractivity contribution in [1.82, 2.24) is 30.1 Å². The fourth-order valence-corrected chi connectivity index (χ4v) is 4.89. The van der Waals surface area contributed by atoms with Gasteiger partial charge in [0.05, 0.1) is 25.4 Å². The summed E-state index contributed by atoms with van der Waals surface area (Å²) < 4.78 is 7.57. The van der Waals surface area contributed by atoms with Crippen LogP contribution in [0.15, 0.2) is 76.1 Å². The number of hydrogen-bond acceptors (Lipinski definition) is 6. The number of pyridine rings is 1. The molecule has 0 aliphatic rings. The Morgan fingerprint density at radius 1 is 1.00 bits per heavy atom. The van der Waals surface area contributed by atoms with Gasteiger partial charge in [0, 0.05) is 17.6 Å². The number of furan rings is 1. The van der Waals surface area contributed by atoms with Gasteiger partial charge >= 0.3 is 0 Å². The van der Waals surface area contributed by atoms with Crippen molar-refractivity contribution in [3.8, 4) is 0 Å². The van der Waals surface area contributed by atoms with Gasteiger partial charge in [-0.2, -0.15) is 0 Å². The molecule has 0 aliphatic heterocycles. The Balaban J connectivity index is 1.54. The van der Waals surface area contributed by atoms with Crippen LogP contribution in [-0.4, -0.2) is 30.1 Å². The summed E-state index contributed by atoms with van der Waals surface area (Å²) in [6, 6.07) is 20.0. The van der Waals surface area contributed by atoms with E-state index in [9.17, 15) is 4.79 Å². The summed E-state index contributed by atoms with van der Waals surface area (Å²) in [5.41, 5.74) is 4.91. The second-order valence-corrected chi connectivity index (χ2v) is 10.0. The lowest BCUT2D eigenvalue weighted by molar-refractivity contribution is 0.116. The van der Waals surface area contributed by atoms with Crippen LogP contribution in [0.5, 0.6) is 0 Å². The van der Waals surface area contributed by atoms with Gasteiger partial charge in [0.2, 0.25) is 0 Å². The van der Waals surface area contributed by atoms with Crippen LogP contribution in [0, 0.1) is 19.8 Å². The topological polar surface area (TPSA) is 92.8 Å². The van der Waals surface area contributed by atoms with E-state index in [0.717, 1.165) is 33.6 Å². The number of benzene rings is 2. The summed E-state index contributed by atoms with van der Waals surface area (Å²) >= 11 is 0. The van der Waals surface area contributed by atoms with E-state index in [2.05, 4.69) is 71.3 Å². The van der Waals surface area contributed by atoms with Gasteiger partial charge in [-0.15, -0.1) is 5.10 Å². The van der Waals surface area contributed by atoms with E-state index in [1.165, 1.54) is 5.56 Å². The first-order valence-corrected chi connectivity index (χ1v) is 12.6. The largest absolute Gasteiger partial charge is 0.468 e. The first-order valence-electron chi connectivity index (χ1n) is 12.6. The molecule has 0 spiro atoms. The maximum absolute atomic E-state index is 13.2. The molecule has 0 amide bonds. The molecule has 0 fully saturated rings. The van der Waals surface area contributed by atoms with Gasteiger partial charge < -0.3 is 9.40 Å². The van der Waals surface area contributed by atoms with Crippen LogP contribution < -0.4 is 5.56 Å². The number of aryl methyl sites for hydroxylation is 2. The van der Waals surface area contributed by atoms with Gasteiger partial charge in [-0.25, -0.2) is 4.68 Å². The van der Waals surface area contributed by atoms with E-state index in [1.54, 1.807) is 6.26 Å². The van der Waals surface area contributed by atoms with E-state index in [0.29, 0.717) is 25.2 Å². The lowest BCUT2D eigenvalue weighted by Crippen LogP contribution is -2.35. The van der Waals surface area contributed by atoms with Gasteiger partial charge in [-0.3, -0.25) is 9.69 Å². The minimum absolute atomic E-state index is 0.0911. The Hall–Kier alpha value is -4.04. The molecule has 3 heterocycles. The lowest BCUT2D eigenvalue weighted by Gasteiger charge is -2.33. The molecule has 0 bridgehead atoms. The molecule has 8 heteroatoms. The molecule has 1 atom stereocenters. The molecule has 2 aromatic carbocycles. The lowest BCUT2D eigenvalue weighted by atomic mass is 9.99. The molecule has 1 N–H and O–H groups in total. The zero-order chi connectivity index (χ0) is 25.9. The maximum Gasteiger partial charge on any atom is 0.252 e. The second kappa shape index (κ2) is 10.5. The fourth-order valence-electron chi connectivity index (χ4n) is 4.89. The van der Waals surface area contributed by atoms with Crippen molar-refractivity contribution in [3.05, 3.63) is 111 Å². The molecule has 190 valence electrons. The highest BCUT2D eigenvalue weighted by Crippen LogP contribution is 2.30. The summed E-state index contributed by atoms with van der Waals surface area (Å²) in [5.74, 6) is 1.74. The molecule has 0 aliphatic carbocycles. The number of hydrogen-bond donors (Lipinski definition) is 1. The smallest absolute Gasteiger partial charge is 0.252 e. The number of nitrogens with one attached hydrogen (secondary N) is 1. The number of rotatable bonds is 9. The number of tetrazole rings is 1. The molecule has 1 unspecified atom stereocenters. The molecular weight excluding hydrogens is 464 g/mol. The maximum atomic E-state index is 13.2. The van der Waals surface area contributed by atoms with Crippen LogP contribution in [0.25, 0.3) is 10.9 Å². The zero-order valence-corrected chi connectivity index (χ0v) is 21.7. The predicted octanol–water partition coefficient (Wildman–Crippen LogP) is 5.17. The summed E-state index contributed by atoms with van der Waals surface area (Å²) in [6.07, 6.45) is 1.67. The number of H-pyrrole nitrogens is 1. The van der Waals surface area contributed by atoms with Gasteiger partial charge in [-0.05, 0) is 82.6 Å². The SMILES string of the molecule is Cc1cc2cc(CN(Cc3ccco3)C(c3nnnn3Cc3ccccc3)C(C)C)c(=O)[nH]c2cc1C. The number of aromatic amines is 1. The molecule has 5 rings (SSSR count). The van der Waals surface area contributed by atoms with Gasteiger partial charge in [0.25, 0.3) is 5.56 Å². The minimum Gasteiger partial charge on any atom is -0.468 e. The summed E-state index contributed by atoms with van der Waals surface area (Å²) in [4.78, 5) is 18.5. The minimum atomic E-state index is -0.154. The fraction of sp³-hybridized carbons (Fsp3) is 0.310. The van der Waals surface area contributed by atoms with Crippen molar-refractivity contribution in [2.24, 2.45) is 5.92 Å². The van der Waals surface area contributed by atoms with Gasteiger partial charge in [0.15, 0.2) is 5.82 Å². The average Bonchev–Trinajstić information content (AvgIpc) is 3.54. The molecule has 0 saturated carbocycles. The van der Waals surface area contributed by atoms with Crippen LogP contribution in [0.1, 0.15) is 53.7 Å². The monoisotopic (exact) mass is 496 g/mol. The summed E-state index contributed by atoms with van der Waals surface area (Å²) in [6.45, 7) is 9.94. The Labute approximate surface area is 215 Å². The first-order chi connectivity index (χ1) is 17.9.